The number of ether oxygens (including phenoxy) is 6. The molecule has 2 aromatic carbocycles. The molecule has 22 nitrogen and oxygen atoms in total. The Labute approximate surface area is 380 Å². The van der Waals surface area contributed by atoms with Crippen LogP contribution in [0.4, 0.5) is 5.69 Å². The number of piperidine rings is 1. The van der Waals surface area contributed by atoms with E-state index in [1.807, 2.05) is 30.3 Å². The zero-order valence-corrected chi connectivity index (χ0v) is 37.3. The Morgan fingerprint density at radius 2 is 1.58 bits per heavy atom. The zero-order chi connectivity index (χ0) is 46.7. The summed E-state index contributed by atoms with van der Waals surface area (Å²) in [6.07, 6.45) is -1.47. The first-order valence-electron chi connectivity index (χ1n) is 21.8. The number of halogens is 1. The van der Waals surface area contributed by atoms with Crippen LogP contribution in [0, 0.1) is 30.3 Å². The molecule has 1 saturated carbocycles. The highest BCUT2D eigenvalue weighted by molar-refractivity contribution is 6.30. The number of benzene rings is 2. The van der Waals surface area contributed by atoms with Gasteiger partial charge in [0, 0.05) is 44.7 Å². The van der Waals surface area contributed by atoms with Crippen LogP contribution < -0.4 is 14.4 Å². The summed E-state index contributed by atoms with van der Waals surface area (Å²) < 4.78 is 37.0. The number of rotatable bonds is 27. The van der Waals surface area contributed by atoms with Crippen LogP contribution >= 0.6 is 11.6 Å². The molecule has 1 aliphatic carbocycles. The number of anilines is 1. The highest BCUT2D eigenvalue weighted by Gasteiger charge is 2.44. The molecule has 0 radical (unpaired) electrons. The molecule has 0 N–H and O–H groups in total. The van der Waals surface area contributed by atoms with Crippen LogP contribution in [-0.4, -0.2) is 128 Å². The number of carbonyl (C=O) groups is 2. The fourth-order valence-electron chi connectivity index (χ4n) is 8.08. The van der Waals surface area contributed by atoms with Crippen molar-refractivity contribution in [2.24, 2.45) is 0 Å². The van der Waals surface area contributed by atoms with Gasteiger partial charge in [-0.15, -0.1) is 30.3 Å². The number of fused-ring (bicyclic) bond motifs is 1. The Bertz CT molecular complexity index is 1860. The first-order valence-corrected chi connectivity index (χ1v) is 22.2. The number of amides is 1. The first kappa shape index (κ1) is 50.5. The smallest absolute Gasteiger partial charge is 0.306 e. The van der Waals surface area contributed by atoms with Gasteiger partial charge in [-0.05, 0) is 107 Å². The van der Waals surface area contributed by atoms with Gasteiger partial charge in [0.15, 0.2) is 0 Å². The number of carbonyl (C=O) groups excluding carboxylic acids is 2. The quantitative estimate of drug-likeness (QED) is 0.0450. The van der Waals surface area contributed by atoms with E-state index < -0.39 is 64.3 Å². The van der Waals surface area contributed by atoms with Crippen LogP contribution in [0.5, 0.6) is 11.5 Å². The van der Waals surface area contributed by atoms with E-state index in [2.05, 4.69) is 19.4 Å². The molecule has 2 heterocycles. The van der Waals surface area contributed by atoms with Crippen molar-refractivity contribution in [2.45, 2.75) is 127 Å². The van der Waals surface area contributed by atoms with Gasteiger partial charge in [-0.3, -0.25) is 9.59 Å². The monoisotopic (exact) mass is 939 g/mol. The molecule has 0 spiro atoms. The summed E-state index contributed by atoms with van der Waals surface area (Å²) >= 11 is 6.06. The van der Waals surface area contributed by atoms with Gasteiger partial charge < -0.3 is 52.7 Å². The second-order valence-electron chi connectivity index (χ2n) is 16.1. The number of hydrogen-bond acceptors (Lipinski definition) is 18. The molecule has 2 aromatic rings. The van der Waals surface area contributed by atoms with Crippen molar-refractivity contribution in [3.63, 3.8) is 0 Å². The van der Waals surface area contributed by atoms with Gasteiger partial charge in [-0.2, -0.15) is 0 Å². The zero-order valence-electron chi connectivity index (χ0n) is 36.6. The van der Waals surface area contributed by atoms with E-state index in [1.165, 1.54) is 11.8 Å². The first-order chi connectivity index (χ1) is 31.3. The predicted molar refractivity (Wildman–Crippen MR) is 229 cm³/mol. The third kappa shape index (κ3) is 17.1. The molecule has 3 aliphatic rings. The Morgan fingerprint density at radius 3 is 2.29 bits per heavy atom. The minimum atomic E-state index is -1.30. The van der Waals surface area contributed by atoms with E-state index >= 15 is 0 Å². The average Bonchev–Trinajstić information content (AvgIpc) is 3.26. The molecule has 5 atom stereocenters. The normalized spacial score (nSPS) is 21.5. The topological polar surface area (TPSA) is 253 Å². The standard InChI is InChI=1S/C42H58ClN5O17/c1-29(64-47(53)54)6-3-9-41(50)63-39-26-45(40(49)8-4-7-35(65-48(55)56)28-60-46(51)52)25-38(42(39)62-34-17-15-33(16-18-34)61-32-13-11-31(43)12-14-32)59-27-30-10-19-37-36(24-30)44(21-23-58-37)20-5-22-57-2/h10-14,19,24,29,33-35,38-39,42H,3-9,15-18,20-23,25-28H2,1-2H3. The third-order valence-corrected chi connectivity index (χ3v) is 11.5. The van der Waals surface area contributed by atoms with Gasteiger partial charge in [0.25, 0.3) is 15.3 Å². The molecule has 5 unspecified atom stereocenters. The van der Waals surface area contributed by atoms with Gasteiger partial charge in [0.2, 0.25) is 5.91 Å². The summed E-state index contributed by atoms with van der Waals surface area (Å²) in [4.78, 5) is 77.1. The lowest BCUT2D eigenvalue weighted by Crippen LogP contribution is -2.60. The van der Waals surface area contributed by atoms with E-state index in [1.54, 1.807) is 19.2 Å². The number of hydrogen-bond donors (Lipinski definition) is 0. The van der Waals surface area contributed by atoms with Gasteiger partial charge in [0.05, 0.1) is 37.6 Å². The van der Waals surface area contributed by atoms with E-state index in [4.69, 9.17) is 40.0 Å². The Hall–Kier alpha value is -5.45. The van der Waals surface area contributed by atoms with Crippen LogP contribution in [-0.2, 0) is 49.7 Å². The molecule has 0 bridgehead atoms. The Kier molecular flexibility index (Phi) is 20.1. The summed E-state index contributed by atoms with van der Waals surface area (Å²) in [5.74, 6) is 0.439. The van der Waals surface area contributed by atoms with Gasteiger partial charge in [0.1, 0.15) is 55.2 Å². The van der Waals surface area contributed by atoms with Crippen molar-refractivity contribution in [1.29, 1.82) is 0 Å². The molecule has 2 aliphatic heterocycles. The van der Waals surface area contributed by atoms with Crippen molar-refractivity contribution < 1.29 is 67.8 Å². The SMILES string of the molecule is COCCCN1CCOc2ccc(COC3CN(C(=O)CCCC(CO[N+](=O)[O-])O[N+](=O)[O-])CC(OC(=O)CCCC(C)O[N+](=O)[O-])C3OC3CCC(Oc4ccc(Cl)cc4)CC3)cc21. The van der Waals surface area contributed by atoms with Gasteiger partial charge in [-0.1, -0.05) is 17.7 Å². The van der Waals surface area contributed by atoms with Crippen molar-refractivity contribution >= 4 is 29.2 Å². The molecule has 360 valence electrons. The number of methoxy groups -OCH3 is 1. The molecule has 1 amide bonds. The van der Waals surface area contributed by atoms with Gasteiger partial charge in [-0.25, -0.2) is 0 Å². The molecule has 1 saturated heterocycles. The van der Waals surface area contributed by atoms with Crippen molar-refractivity contribution in [1.82, 2.24) is 4.90 Å². The van der Waals surface area contributed by atoms with E-state index in [0.717, 1.165) is 30.0 Å². The largest absolute Gasteiger partial charge is 0.490 e. The summed E-state index contributed by atoms with van der Waals surface area (Å²) in [5, 5.41) is 30.1. The molecular weight excluding hydrogens is 882 g/mol. The third-order valence-electron chi connectivity index (χ3n) is 11.3. The summed E-state index contributed by atoms with van der Waals surface area (Å²) in [5.41, 5.74) is 1.73. The minimum Gasteiger partial charge on any atom is -0.490 e. The lowest BCUT2D eigenvalue weighted by molar-refractivity contribution is -0.790. The number of likely N-dealkylation sites (tertiary alicyclic amines) is 1. The van der Waals surface area contributed by atoms with Crippen molar-refractivity contribution in [2.75, 3.05) is 58.0 Å². The predicted octanol–water partition coefficient (Wildman–Crippen LogP) is 5.71. The van der Waals surface area contributed by atoms with Crippen LogP contribution in [0.15, 0.2) is 42.5 Å². The molecule has 65 heavy (non-hydrogen) atoms. The van der Waals surface area contributed by atoms with Crippen molar-refractivity contribution in [3.8, 4) is 11.5 Å². The average molecular weight is 940 g/mol. The second kappa shape index (κ2) is 25.9. The van der Waals surface area contributed by atoms with Gasteiger partial charge >= 0.3 is 5.97 Å². The van der Waals surface area contributed by atoms with Crippen molar-refractivity contribution in [3.05, 3.63) is 83.4 Å². The molecule has 2 fully saturated rings. The Balaban J connectivity index is 1.35. The maximum absolute atomic E-state index is 13.9. The molecular formula is C42H58ClN5O17. The summed E-state index contributed by atoms with van der Waals surface area (Å²) in [6, 6.07) is 12.9. The number of esters is 1. The van der Waals surface area contributed by atoms with Crippen LogP contribution in [0.3, 0.4) is 0 Å². The summed E-state index contributed by atoms with van der Waals surface area (Å²) in [7, 11) is 1.66. The highest BCUT2D eigenvalue weighted by Crippen LogP contribution is 2.35. The highest BCUT2D eigenvalue weighted by atomic mass is 35.5. The fourth-order valence-corrected chi connectivity index (χ4v) is 8.20. The molecule has 0 aromatic heterocycles. The fraction of sp³-hybridized carbons (Fsp3) is 0.667. The second-order valence-corrected chi connectivity index (χ2v) is 16.6. The maximum Gasteiger partial charge on any atom is 0.306 e. The van der Waals surface area contributed by atoms with Crippen LogP contribution in [0.1, 0.15) is 83.1 Å². The number of nitrogens with zero attached hydrogens (tertiary/aromatic N) is 5. The molecule has 5 rings (SSSR count). The minimum absolute atomic E-state index is 0.0404. The van der Waals surface area contributed by atoms with Crippen LogP contribution in [0.2, 0.25) is 5.02 Å². The van der Waals surface area contributed by atoms with E-state index in [9.17, 15) is 39.9 Å². The molecule has 23 heteroatoms. The Morgan fingerprint density at radius 1 is 0.877 bits per heavy atom. The lowest BCUT2D eigenvalue weighted by Gasteiger charge is -2.44. The van der Waals surface area contributed by atoms with Crippen LogP contribution in [0.25, 0.3) is 0 Å². The lowest BCUT2D eigenvalue weighted by atomic mass is 9.93. The summed E-state index contributed by atoms with van der Waals surface area (Å²) in [6.45, 7) is 3.48. The van der Waals surface area contributed by atoms with E-state index in [-0.39, 0.29) is 70.4 Å². The maximum atomic E-state index is 13.9. The van der Waals surface area contributed by atoms with E-state index in [0.29, 0.717) is 56.2 Å².